The lowest BCUT2D eigenvalue weighted by atomic mass is 10.1. The Morgan fingerprint density at radius 3 is 2.71 bits per heavy atom. The fourth-order valence-corrected chi connectivity index (χ4v) is 1.75. The van der Waals surface area contributed by atoms with Gasteiger partial charge in [0.1, 0.15) is 0 Å². The minimum atomic E-state index is -0.838. The second-order valence-electron chi connectivity index (χ2n) is 4.24. The quantitative estimate of drug-likeness (QED) is 0.847. The van der Waals surface area contributed by atoms with Crippen LogP contribution >= 0.6 is 0 Å². The van der Waals surface area contributed by atoms with Gasteiger partial charge in [0, 0.05) is 24.0 Å². The number of carbonyl (C=O) groups is 2. The molecule has 0 aliphatic heterocycles. The Kier molecular flexibility index (Phi) is 4.61. The van der Waals surface area contributed by atoms with Gasteiger partial charge >= 0.3 is 0 Å². The minimum Gasteiger partial charge on any atom is -0.352 e. The first-order valence-corrected chi connectivity index (χ1v) is 6.42. The second-order valence-corrected chi connectivity index (χ2v) is 4.24. The molecule has 2 amide bonds. The molecule has 0 saturated heterocycles. The van der Waals surface area contributed by atoms with Gasteiger partial charge in [-0.1, -0.05) is 6.07 Å². The van der Waals surface area contributed by atoms with Crippen LogP contribution in [0.1, 0.15) is 27.6 Å². The van der Waals surface area contributed by atoms with Crippen LogP contribution in [0.2, 0.25) is 0 Å². The van der Waals surface area contributed by atoms with Crippen LogP contribution < -0.4 is 10.6 Å². The Bertz CT molecular complexity index is 673. The fraction of sp³-hybridized carbons (Fsp3) is 0.133. The third-order valence-corrected chi connectivity index (χ3v) is 2.72. The molecule has 1 aromatic carbocycles. The van der Waals surface area contributed by atoms with Gasteiger partial charge < -0.3 is 10.6 Å². The smallest absolute Gasteiger partial charge is 0.260 e. The van der Waals surface area contributed by atoms with Gasteiger partial charge in [0.05, 0.1) is 5.56 Å². The molecule has 5 nitrogen and oxygen atoms in total. The van der Waals surface area contributed by atoms with Gasteiger partial charge in [-0.3, -0.25) is 9.59 Å². The van der Waals surface area contributed by atoms with Crippen molar-refractivity contribution in [3.8, 4) is 0 Å². The summed E-state index contributed by atoms with van der Waals surface area (Å²) in [6, 6.07) is 9.23. The molecule has 1 aromatic heterocycles. The second kappa shape index (κ2) is 6.60. The van der Waals surface area contributed by atoms with Crippen LogP contribution in [0.25, 0.3) is 0 Å². The highest BCUT2D eigenvalue weighted by Crippen LogP contribution is 2.13. The summed E-state index contributed by atoms with van der Waals surface area (Å²) in [5, 5.41) is 5.20. The van der Waals surface area contributed by atoms with Crippen molar-refractivity contribution < 1.29 is 14.0 Å². The lowest BCUT2D eigenvalue weighted by molar-refractivity contribution is 0.0954. The van der Waals surface area contributed by atoms with E-state index in [2.05, 4.69) is 15.6 Å². The van der Waals surface area contributed by atoms with Crippen LogP contribution in [0, 0.1) is 5.95 Å². The number of hydrogen-bond acceptors (Lipinski definition) is 3. The molecule has 0 spiro atoms. The van der Waals surface area contributed by atoms with Gasteiger partial charge in [-0.05, 0) is 37.3 Å². The molecule has 0 aliphatic rings. The summed E-state index contributed by atoms with van der Waals surface area (Å²) in [7, 11) is 0. The molecule has 0 bridgehead atoms. The van der Waals surface area contributed by atoms with E-state index in [-0.39, 0.29) is 11.5 Å². The van der Waals surface area contributed by atoms with Crippen molar-refractivity contribution in [2.45, 2.75) is 6.92 Å². The van der Waals surface area contributed by atoms with Crippen LogP contribution in [0.3, 0.4) is 0 Å². The van der Waals surface area contributed by atoms with E-state index in [0.29, 0.717) is 17.8 Å². The van der Waals surface area contributed by atoms with Crippen LogP contribution in [-0.4, -0.2) is 23.3 Å². The highest BCUT2D eigenvalue weighted by atomic mass is 19.1. The molecule has 0 radical (unpaired) electrons. The summed E-state index contributed by atoms with van der Waals surface area (Å²) >= 11 is 0. The van der Waals surface area contributed by atoms with Crippen LogP contribution in [-0.2, 0) is 0 Å². The van der Waals surface area contributed by atoms with E-state index in [4.69, 9.17) is 0 Å². The Balaban J connectivity index is 2.17. The average molecular weight is 287 g/mol. The molecule has 2 rings (SSSR count). The summed E-state index contributed by atoms with van der Waals surface area (Å²) in [6.45, 7) is 2.32. The van der Waals surface area contributed by atoms with Crippen LogP contribution in [0.4, 0.5) is 10.1 Å². The molecule has 1 heterocycles. The number of nitrogens with one attached hydrogen (secondary N) is 2. The molecule has 2 aromatic rings. The van der Waals surface area contributed by atoms with Gasteiger partial charge in [0.2, 0.25) is 5.95 Å². The molecule has 6 heteroatoms. The maximum absolute atomic E-state index is 13.4. The highest BCUT2D eigenvalue weighted by Gasteiger charge is 2.13. The first-order valence-electron chi connectivity index (χ1n) is 6.42. The molecule has 0 aliphatic carbocycles. The Labute approximate surface area is 121 Å². The number of nitrogens with zero attached hydrogens (tertiary/aromatic N) is 1. The minimum absolute atomic E-state index is 0.152. The van der Waals surface area contributed by atoms with Crippen molar-refractivity contribution >= 4 is 17.5 Å². The maximum atomic E-state index is 13.4. The fourth-order valence-electron chi connectivity index (χ4n) is 1.75. The van der Waals surface area contributed by atoms with Crippen molar-refractivity contribution in [3.63, 3.8) is 0 Å². The number of pyridine rings is 1. The zero-order valence-corrected chi connectivity index (χ0v) is 11.4. The zero-order chi connectivity index (χ0) is 15.2. The summed E-state index contributed by atoms with van der Waals surface area (Å²) in [5.74, 6) is -1.69. The topological polar surface area (TPSA) is 71.1 Å². The van der Waals surface area contributed by atoms with E-state index >= 15 is 0 Å². The van der Waals surface area contributed by atoms with Crippen LogP contribution in [0.15, 0.2) is 42.6 Å². The molecule has 108 valence electrons. The zero-order valence-electron chi connectivity index (χ0n) is 11.4. The number of hydrogen-bond donors (Lipinski definition) is 2. The normalized spacial score (nSPS) is 10.0. The molecule has 0 atom stereocenters. The van der Waals surface area contributed by atoms with Crippen LogP contribution in [0.5, 0.6) is 0 Å². The van der Waals surface area contributed by atoms with Crippen molar-refractivity contribution in [2.75, 3.05) is 11.9 Å². The molecule has 0 saturated carbocycles. The molecule has 0 unspecified atom stereocenters. The van der Waals surface area contributed by atoms with E-state index in [1.807, 2.05) is 6.92 Å². The number of amides is 2. The van der Waals surface area contributed by atoms with E-state index in [9.17, 15) is 14.0 Å². The number of carbonyl (C=O) groups excluding carboxylic acids is 2. The summed E-state index contributed by atoms with van der Waals surface area (Å²) in [6.07, 6.45) is 1.27. The Morgan fingerprint density at radius 1 is 1.19 bits per heavy atom. The average Bonchev–Trinajstić information content (AvgIpc) is 2.48. The van der Waals surface area contributed by atoms with Gasteiger partial charge in [-0.2, -0.15) is 4.39 Å². The van der Waals surface area contributed by atoms with E-state index in [0.717, 1.165) is 0 Å². The Hall–Kier alpha value is -2.76. The summed E-state index contributed by atoms with van der Waals surface area (Å²) < 4.78 is 13.4. The standard InChI is InChI=1S/C15H14FN3O2/c1-2-17-14(20)10-5-3-6-11(9-10)19-15(21)12-7-4-8-18-13(12)16/h3-9H,2H2,1H3,(H,17,20)(H,19,21). The van der Waals surface area contributed by atoms with E-state index in [1.54, 1.807) is 18.2 Å². The monoisotopic (exact) mass is 287 g/mol. The first kappa shape index (κ1) is 14.6. The highest BCUT2D eigenvalue weighted by molar-refractivity contribution is 6.05. The third kappa shape index (κ3) is 3.62. The van der Waals surface area contributed by atoms with Gasteiger partial charge in [0.25, 0.3) is 11.8 Å². The van der Waals surface area contributed by atoms with Crippen molar-refractivity contribution in [2.24, 2.45) is 0 Å². The first-order chi connectivity index (χ1) is 10.1. The maximum Gasteiger partial charge on any atom is 0.260 e. The molecular formula is C15H14FN3O2. The van der Waals surface area contributed by atoms with Gasteiger partial charge in [0.15, 0.2) is 0 Å². The lowest BCUT2D eigenvalue weighted by Crippen LogP contribution is -2.23. The summed E-state index contributed by atoms with van der Waals surface area (Å²) in [4.78, 5) is 27.1. The van der Waals surface area contributed by atoms with Crippen molar-refractivity contribution in [1.82, 2.24) is 10.3 Å². The summed E-state index contributed by atoms with van der Waals surface area (Å²) in [5.41, 5.74) is 0.675. The molecule has 2 N–H and O–H groups in total. The number of anilines is 1. The van der Waals surface area contributed by atoms with Gasteiger partial charge in [-0.25, -0.2) is 4.98 Å². The third-order valence-electron chi connectivity index (χ3n) is 2.72. The SMILES string of the molecule is CCNC(=O)c1cccc(NC(=O)c2cccnc2F)c1. The predicted octanol–water partition coefficient (Wildman–Crippen LogP) is 2.22. The molecule has 21 heavy (non-hydrogen) atoms. The molecule has 0 fully saturated rings. The van der Waals surface area contributed by atoms with Crippen molar-refractivity contribution in [1.29, 1.82) is 0 Å². The number of halogens is 1. The van der Waals surface area contributed by atoms with E-state index in [1.165, 1.54) is 24.4 Å². The van der Waals surface area contributed by atoms with Gasteiger partial charge in [-0.15, -0.1) is 0 Å². The lowest BCUT2D eigenvalue weighted by Gasteiger charge is -2.07. The largest absolute Gasteiger partial charge is 0.352 e. The Morgan fingerprint density at radius 2 is 2.00 bits per heavy atom. The number of benzene rings is 1. The predicted molar refractivity (Wildman–Crippen MR) is 76.6 cm³/mol. The molecular weight excluding hydrogens is 273 g/mol. The van der Waals surface area contributed by atoms with Crippen molar-refractivity contribution in [3.05, 3.63) is 59.7 Å². The number of rotatable bonds is 4. The van der Waals surface area contributed by atoms with E-state index < -0.39 is 11.9 Å². The number of aromatic nitrogens is 1.